The average molecular weight is 339 g/mol. The van der Waals surface area contributed by atoms with E-state index in [-0.39, 0.29) is 6.42 Å². The SMILES string of the molecule is COc1ccc(CC(CC(=O)O)NC(=O)OC(C)(C)C)cc1OC. The van der Waals surface area contributed by atoms with Crippen LogP contribution in [0, 0.1) is 0 Å². The summed E-state index contributed by atoms with van der Waals surface area (Å²) in [6.07, 6.45) is -0.534. The molecule has 24 heavy (non-hydrogen) atoms. The number of aliphatic carboxylic acids is 1. The maximum absolute atomic E-state index is 11.9. The van der Waals surface area contributed by atoms with Gasteiger partial charge in [0.25, 0.3) is 0 Å². The van der Waals surface area contributed by atoms with Crippen LogP contribution in [0.25, 0.3) is 0 Å². The van der Waals surface area contributed by atoms with Crippen LogP contribution in [0.4, 0.5) is 4.79 Å². The average Bonchev–Trinajstić information content (AvgIpc) is 2.44. The molecule has 134 valence electrons. The summed E-state index contributed by atoms with van der Waals surface area (Å²) < 4.78 is 15.6. The number of hydrogen-bond donors (Lipinski definition) is 2. The molecule has 1 unspecified atom stereocenters. The topological polar surface area (TPSA) is 94.1 Å². The summed E-state index contributed by atoms with van der Waals surface area (Å²) >= 11 is 0. The lowest BCUT2D eigenvalue weighted by atomic mass is 10.0. The van der Waals surface area contributed by atoms with Crippen LogP contribution in [0.5, 0.6) is 11.5 Å². The largest absolute Gasteiger partial charge is 0.493 e. The third-order valence-electron chi connectivity index (χ3n) is 3.07. The number of hydrogen-bond acceptors (Lipinski definition) is 5. The number of benzene rings is 1. The first-order chi connectivity index (χ1) is 11.1. The molecule has 1 aromatic carbocycles. The predicted octanol–water partition coefficient (Wildman–Crippen LogP) is 2.61. The van der Waals surface area contributed by atoms with E-state index in [0.29, 0.717) is 17.9 Å². The quantitative estimate of drug-likeness (QED) is 0.793. The highest BCUT2D eigenvalue weighted by Gasteiger charge is 2.22. The van der Waals surface area contributed by atoms with Crippen molar-refractivity contribution in [3.8, 4) is 11.5 Å². The van der Waals surface area contributed by atoms with Gasteiger partial charge in [-0.15, -0.1) is 0 Å². The molecule has 2 N–H and O–H groups in total. The maximum atomic E-state index is 11.9. The Morgan fingerprint density at radius 1 is 1.17 bits per heavy atom. The minimum atomic E-state index is -1.00. The number of carboxylic acids is 1. The first-order valence-electron chi connectivity index (χ1n) is 7.57. The lowest BCUT2D eigenvalue weighted by molar-refractivity contribution is -0.137. The summed E-state index contributed by atoms with van der Waals surface area (Å²) in [7, 11) is 3.06. The number of rotatable bonds is 7. The fourth-order valence-electron chi connectivity index (χ4n) is 2.15. The molecule has 0 saturated carbocycles. The van der Waals surface area contributed by atoms with Gasteiger partial charge in [0.2, 0.25) is 0 Å². The van der Waals surface area contributed by atoms with Gasteiger partial charge >= 0.3 is 12.1 Å². The highest BCUT2D eigenvalue weighted by Crippen LogP contribution is 2.28. The zero-order chi connectivity index (χ0) is 18.3. The number of carbonyl (C=O) groups is 2. The van der Waals surface area contributed by atoms with Gasteiger partial charge in [-0.3, -0.25) is 4.79 Å². The van der Waals surface area contributed by atoms with Crippen LogP contribution in [-0.2, 0) is 16.0 Å². The Morgan fingerprint density at radius 2 is 1.79 bits per heavy atom. The van der Waals surface area contributed by atoms with Crippen LogP contribution in [0.1, 0.15) is 32.8 Å². The predicted molar refractivity (Wildman–Crippen MR) is 88.7 cm³/mol. The van der Waals surface area contributed by atoms with Crippen molar-refractivity contribution < 1.29 is 28.9 Å². The fraction of sp³-hybridized carbons (Fsp3) is 0.529. The molecule has 0 fully saturated rings. The number of carbonyl (C=O) groups excluding carboxylic acids is 1. The highest BCUT2D eigenvalue weighted by atomic mass is 16.6. The monoisotopic (exact) mass is 339 g/mol. The first-order valence-corrected chi connectivity index (χ1v) is 7.57. The second kappa shape index (κ2) is 8.42. The van der Waals surface area contributed by atoms with Gasteiger partial charge in [-0.25, -0.2) is 4.79 Å². The summed E-state index contributed by atoms with van der Waals surface area (Å²) in [5, 5.41) is 11.7. The summed E-state index contributed by atoms with van der Waals surface area (Å²) in [4.78, 5) is 22.9. The Hall–Kier alpha value is -2.44. The van der Waals surface area contributed by atoms with Crippen molar-refractivity contribution in [3.63, 3.8) is 0 Å². The third kappa shape index (κ3) is 6.76. The van der Waals surface area contributed by atoms with E-state index in [4.69, 9.17) is 19.3 Å². The van der Waals surface area contributed by atoms with Gasteiger partial charge in [-0.1, -0.05) is 6.07 Å². The molecule has 1 rings (SSSR count). The molecule has 0 radical (unpaired) electrons. The molecule has 0 aliphatic carbocycles. The number of ether oxygens (including phenoxy) is 3. The minimum absolute atomic E-state index is 0.215. The zero-order valence-corrected chi connectivity index (χ0v) is 14.7. The van der Waals surface area contributed by atoms with Crippen LogP contribution < -0.4 is 14.8 Å². The molecule has 7 nitrogen and oxygen atoms in total. The summed E-state index contributed by atoms with van der Waals surface area (Å²) in [6, 6.07) is 4.69. The Labute approximate surface area is 141 Å². The molecular weight excluding hydrogens is 314 g/mol. The molecule has 0 aromatic heterocycles. The van der Waals surface area contributed by atoms with Gasteiger partial charge < -0.3 is 24.6 Å². The normalized spacial score (nSPS) is 12.2. The van der Waals surface area contributed by atoms with Crippen LogP contribution in [0.15, 0.2) is 18.2 Å². The van der Waals surface area contributed by atoms with Crippen molar-refractivity contribution in [3.05, 3.63) is 23.8 Å². The van der Waals surface area contributed by atoms with Gasteiger partial charge in [-0.05, 0) is 44.9 Å². The zero-order valence-electron chi connectivity index (χ0n) is 14.7. The Morgan fingerprint density at radius 3 is 2.29 bits per heavy atom. The van der Waals surface area contributed by atoms with E-state index in [2.05, 4.69) is 5.32 Å². The Bertz CT molecular complexity index is 579. The fourth-order valence-corrected chi connectivity index (χ4v) is 2.15. The number of amides is 1. The molecule has 0 aliphatic rings. The van der Waals surface area contributed by atoms with Crippen LogP contribution in [0.3, 0.4) is 0 Å². The van der Waals surface area contributed by atoms with E-state index in [1.807, 2.05) is 0 Å². The van der Waals surface area contributed by atoms with Gasteiger partial charge in [-0.2, -0.15) is 0 Å². The highest BCUT2D eigenvalue weighted by molar-refractivity contribution is 5.71. The maximum Gasteiger partial charge on any atom is 0.407 e. The van der Waals surface area contributed by atoms with Gasteiger partial charge in [0, 0.05) is 6.04 Å². The molecule has 1 atom stereocenters. The van der Waals surface area contributed by atoms with Crippen molar-refractivity contribution in [2.24, 2.45) is 0 Å². The molecule has 1 amide bonds. The number of methoxy groups -OCH3 is 2. The standard InChI is InChI=1S/C17H25NO6/c1-17(2,3)24-16(21)18-12(10-15(19)20)8-11-6-7-13(22-4)14(9-11)23-5/h6-7,9,12H,8,10H2,1-5H3,(H,18,21)(H,19,20). The van der Waals surface area contributed by atoms with E-state index in [0.717, 1.165) is 5.56 Å². The molecule has 7 heteroatoms. The number of nitrogens with one attached hydrogen (secondary N) is 1. The molecule has 0 spiro atoms. The van der Waals surface area contributed by atoms with Crippen LogP contribution in [-0.4, -0.2) is 43.0 Å². The summed E-state index contributed by atoms with van der Waals surface area (Å²) in [5.41, 5.74) is 0.163. The molecular formula is C17H25NO6. The second-order valence-corrected chi connectivity index (χ2v) is 6.33. The Kier molecular flexibility index (Phi) is 6.88. The van der Waals surface area contributed by atoms with Crippen molar-refractivity contribution in [2.45, 2.75) is 45.3 Å². The molecule has 0 saturated heterocycles. The van der Waals surface area contributed by atoms with Crippen molar-refractivity contribution >= 4 is 12.1 Å². The van der Waals surface area contributed by atoms with E-state index in [1.54, 1.807) is 39.0 Å². The third-order valence-corrected chi connectivity index (χ3v) is 3.07. The lowest BCUT2D eigenvalue weighted by Gasteiger charge is -2.23. The molecule has 0 heterocycles. The number of alkyl carbamates (subject to hydrolysis) is 1. The van der Waals surface area contributed by atoms with E-state index in [9.17, 15) is 9.59 Å². The molecule has 0 aliphatic heterocycles. The molecule has 0 bridgehead atoms. The Balaban J connectivity index is 2.86. The van der Waals surface area contributed by atoms with Gasteiger partial charge in [0.1, 0.15) is 5.60 Å². The van der Waals surface area contributed by atoms with E-state index in [1.165, 1.54) is 14.2 Å². The van der Waals surface area contributed by atoms with Crippen molar-refractivity contribution in [1.82, 2.24) is 5.32 Å². The first kappa shape index (κ1) is 19.6. The molecule has 1 aromatic rings. The van der Waals surface area contributed by atoms with E-state index < -0.39 is 23.7 Å². The van der Waals surface area contributed by atoms with Crippen molar-refractivity contribution in [2.75, 3.05) is 14.2 Å². The number of carboxylic acid groups (broad SMARTS) is 1. The van der Waals surface area contributed by atoms with Gasteiger partial charge in [0.15, 0.2) is 11.5 Å². The summed E-state index contributed by atoms with van der Waals surface area (Å²) in [5.74, 6) is 0.119. The second-order valence-electron chi connectivity index (χ2n) is 6.33. The van der Waals surface area contributed by atoms with Crippen LogP contribution >= 0.6 is 0 Å². The minimum Gasteiger partial charge on any atom is -0.493 e. The van der Waals surface area contributed by atoms with Crippen molar-refractivity contribution in [1.29, 1.82) is 0 Å². The lowest BCUT2D eigenvalue weighted by Crippen LogP contribution is -2.41. The smallest absolute Gasteiger partial charge is 0.407 e. The van der Waals surface area contributed by atoms with Gasteiger partial charge in [0.05, 0.1) is 20.6 Å². The van der Waals surface area contributed by atoms with Crippen LogP contribution in [0.2, 0.25) is 0 Å². The summed E-state index contributed by atoms with van der Waals surface area (Å²) in [6.45, 7) is 5.23. The van der Waals surface area contributed by atoms with E-state index >= 15 is 0 Å².